The maximum Gasteiger partial charge on any atom is 0.300 e. The highest BCUT2D eigenvalue weighted by Gasteiger charge is 2.17. The van der Waals surface area contributed by atoms with Crippen LogP contribution in [0.25, 0.3) is 11.4 Å². The summed E-state index contributed by atoms with van der Waals surface area (Å²) in [6.45, 7) is 1.68. The van der Waals surface area contributed by atoms with Crippen molar-refractivity contribution in [3.05, 3.63) is 39.6 Å². The van der Waals surface area contributed by atoms with Crippen molar-refractivity contribution < 1.29 is 4.79 Å². The van der Waals surface area contributed by atoms with E-state index in [1.807, 2.05) is 0 Å². The molecular weight excluding hydrogens is 301 g/mol. The SMILES string of the molecule is Cc1[nH]c(-c2cc(Cl)ccc2Cl)nc1C(=O)N=C(N)N. The van der Waals surface area contributed by atoms with Gasteiger partial charge in [0.2, 0.25) is 0 Å². The number of carbonyl (C=O) groups is 1. The quantitative estimate of drug-likeness (QED) is 0.582. The second-order valence-electron chi connectivity index (χ2n) is 4.03. The Balaban J connectivity index is 2.49. The van der Waals surface area contributed by atoms with E-state index in [0.29, 0.717) is 27.1 Å². The minimum absolute atomic E-state index is 0.129. The number of rotatable bonds is 2. The van der Waals surface area contributed by atoms with Gasteiger partial charge in [-0.3, -0.25) is 4.79 Å². The lowest BCUT2D eigenvalue weighted by Gasteiger charge is -2.00. The number of aromatic amines is 1. The summed E-state index contributed by atoms with van der Waals surface area (Å²) in [5.74, 6) is -0.521. The summed E-state index contributed by atoms with van der Waals surface area (Å²) in [5, 5.41) is 0.972. The first-order chi connectivity index (χ1) is 9.38. The monoisotopic (exact) mass is 311 g/mol. The molecule has 0 aliphatic rings. The number of halogens is 2. The van der Waals surface area contributed by atoms with E-state index >= 15 is 0 Å². The van der Waals surface area contributed by atoms with Gasteiger partial charge in [0.1, 0.15) is 5.82 Å². The molecule has 0 spiro atoms. The van der Waals surface area contributed by atoms with Crippen molar-refractivity contribution in [3.63, 3.8) is 0 Å². The molecule has 0 unspecified atom stereocenters. The van der Waals surface area contributed by atoms with Crippen LogP contribution in [0.3, 0.4) is 0 Å². The summed E-state index contributed by atoms with van der Waals surface area (Å²) >= 11 is 12.0. The van der Waals surface area contributed by atoms with E-state index in [1.54, 1.807) is 25.1 Å². The van der Waals surface area contributed by atoms with Crippen LogP contribution in [-0.4, -0.2) is 21.8 Å². The lowest BCUT2D eigenvalue weighted by molar-refractivity contribution is 0.0998. The number of aryl methyl sites for hydroxylation is 1. The van der Waals surface area contributed by atoms with Gasteiger partial charge in [0.05, 0.1) is 5.02 Å². The Bertz CT molecular complexity index is 704. The number of H-pyrrole nitrogens is 1. The molecular formula is C12H11Cl2N5O. The molecule has 1 heterocycles. The van der Waals surface area contributed by atoms with Crippen molar-refractivity contribution in [2.75, 3.05) is 0 Å². The highest BCUT2D eigenvalue weighted by molar-refractivity contribution is 6.35. The maximum absolute atomic E-state index is 11.8. The van der Waals surface area contributed by atoms with Crippen LogP contribution in [0, 0.1) is 6.92 Å². The smallest absolute Gasteiger partial charge is 0.300 e. The summed E-state index contributed by atoms with van der Waals surface area (Å²) in [6, 6.07) is 4.96. The molecule has 0 saturated heterocycles. The number of imidazole rings is 1. The largest absolute Gasteiger partial charge is 0.370 e. The van der Waals surface area contributed by atoms with E-state index in [9.17, 15) is 4.79 Å². The van der Waals surface area contributed by atoms with Crippen molar-refractivity contribution in [1.82, 2.24) is 9.97 Å². The van der Waals surface area contributed by atoms with Crippen LogP contribution in [0.1, 0.15) is 16.2 Å². The minimum atomic E-state index is -0.622. The lowest BCUT2D eigenvalue weighted by atomic mass is 10.2. The fraction of sp³-hybridized carbons (Fsp3) is 0.0833. The summed E-state index contributed by atoms with van der Waals surface area (Å²) in [5.41, 5.74) is 11.6. The molecule has 8 heteroatoms. The van der Waals surface area contributed by atoms with Gasteiger partial charge in [0.25, 0.3) is 0 Å². The zero-order valence-corrected chi connectivity index (χ0v) is 12.0. The fourth-order valence-corrected chi connectivity index (χ4v) is 2.02. The van der Waals surface area contributed by atoms with Crippen LogP contribution in [0.5, 0.6) is 0 Å². The zero-order chi connectivity index (χ0) is 14.9. The Morgan fingerprint density at radius 2 is 2.05 bits per heavy atom. The van der Waals surface area contributed by atoms with Crippen molar-refractivity contribution >= 4 is 35.1 Å². The second kappa shape index (κ2) is 5.52. The van der Waals surface area contributed by atoms with E-state index in [4.69, 9.17) is 34.7 Å². The number of aromatic nitrogens is 2. The normalized spacial score (nSPS) is 10.3. The van der Waals surface area contributed by atoms with E-state index in [0.717, 1.165) is 0 Å². The van der Waals surface area contributed by atoms with Crippen molar-refractivity contribution in [1.29, 1.82) is 0 Å². The molecule has 1 aromatic carbocycles. The Kier molecular flexibility index (Phi) is 3.96. The molecule has 5 N–H and O–H groups in total. The first-order valence-electron chi connectivity index (χ1n) is 5.54. The Morgan fingerprint density at radius 1 is 1.35 bits per heavy atom. The predicted molar refractivity (Wildman–Crippen MR) is 78.9 cm³/mol. The van der Waals surface area contributed by atoms with Gasteiger partial charge >= 0.3 is 5.91 Å². The van der Waals surface area contributed by atoms with Gasteiger partial charge in [-0.1, -0.05) is 23.2 Å². The molecule has 2 aromatic rings. The van der Waals surface area contributed by atoms with Gasteiger partial charge in [-0.2, -0.15) is 4.99 Å². The van der Waals surface area contributed by atoms with Crippen LogP contribution in [0.4, 0.5) is 0 Å². The third-order valence-corrected chi connectivity index (χ3v) is 3.07. The number of aliphatic imine (C=N–C) groups is 1. The molecule has 0 saturated carbocycles. The zero-order valence-electron chi connectivity index (χ0n) is 10.4. The van der Waals surface area contributed by atoms with E-state index < -0.39 is 5.91 Å². The third kappa shape index (κ3) is 2.92. The van der Waals surface area contributed by atoms with Crippen LogP contribution in [-0.2, 0) is 0 Å². The Labute approximate surface area is 124 Å². The van der Waals surface area contributed by atoms with Crippen molar-refractivity contribution in [2.45, 2.75) is 6.92 Å². The molecule has 20 heavy (non-hydrogen) atoms. The molecule has 0 bridgehead atoms. The number of hydrogen-bond donors (Lipinski definition) is 3. The van der Waals surface area contributed by atoms with Gasteiger partial charge < -0.3 is 16.5 Å². The number of guanidine groups is 1. The molecule has 0 radical (unpaired) electrons. The fourth-order valence-electron chi connectivity index (χ4n) is 1.65. The molecule has 2 rings (SSSR count). The van der Waals surface area contributed by atoms with Crippen LogP contribution < -0.4 is 11.5 Å². The van der Waals surface area contributed by atoms with Crippen LogP contribution >= 0.6 is 23.2 Å². The Hall–Kier alpha value is -2.05. The summed E-state index contributed by atoms with van der Waals surface area (Å²) in [6.07, 6.45) is 0. The highest BCUT2D eigenvalue weighted by Crippen LogP contribution is 2.29. The van der Waals surface area contributed by atoms with Crippen LogP contribution in [0.15, 0.2) is 23.2 Å². The molecule has 1 amide bonds. The predicted octanol–water partition coefficient (Wildman–Crippen LogP) is 2.11. The molecule has 0 fully saturated rings. The molecule has 1 aromatic heterocycles. The third-order valence-electron chi connectivity index (χ3n) is 2.50. The maximum atomic E-state index is 11.8. The minimum Gasteiger partial charge on any atom is -0.370 e. The Morgan fingerprint density at radius 3 is 2.70 bits per heavy atom. The lowest BCUT2D eigenvalue weighted by Crippen LogP contribution is -2.24. The number of nitrogens with one attached hydrogen (secondary N) is 1. The number of nitrogens with two attached hydrogens (primary N) is 2. The number of amides is 1. The second-order valence-corrected chi connectivity index (χ2v) is 4.87. The topological polar surface area (TPSA) is 110 Å². The number of carbonyl (C=O) groups excluding carboxylic acids is 1. The average molecular weight is 312 g/mol. The average Bonchev–Trinajstić information content (AvgIpc) is 2.73. The number of nitrogens with zero attached hydrogens (tertiary/aromatic N) is 2. The van der Waals surface area contributed by atoms with Gasteiger partial charge in [-0.05, 0) is 25.1 Å². The molecule has 0 aliphatic carbocycles. The van der Waals surface area contributed by atoms with E-state index in [1.165, 1.54) is 0 Å². The van der Waals surface area contributed by atoms with Crippen molar-refractivity contribution in [3.8, 4) is 11.4 Å². The van der Waals surface area contributed by atoms with Gasteiger partial charge in [-0.15, -0.1) is 0 Å². The number of benzene rings is 1. The van der Waals surface area contributed by atoms with E-state index in [-0.39, 0.29) is 11.7 Å². The first kappa shape index (κ1) is 14.4. The number of hydrogen-bond acceptors (Lipinski definition) is 2. The molecule has 0 atom stereocenters. The highest BCUT2D eigenvalue weighted by atomic mass is 35.5. The van der Waals surface area contributed by atoms with Gasteiger partial charge in [0, 0.05) is 16.3 Å². The molecule has 0 aliphatic heterocycles. The van der Waals surface area contributed by atoms with E-state index in [2.05, 4.69) is 15.0 Å². The van der Waals surface area contributed by atoms with Gasteiger partial charge in [-0.25, -0.2) is 4.98 Å². The van der Waals surface area contributed by atoms with Gasteiger partial charge in [0.15, 0.2) is 11.7 Å². The standard InChI is InChI=1S/C12H11Cl2N5O/c1-5-9(11(20)19-12(15)16)18-10(17-5)7-4-6(13)2-3-8(7)14/h2-4H,1H3,(H,17,18)(H4,15,16,19,20). The summed E-state index contributed by atoms with van der Waals surface area (Å²) in [4.78, 5) is 22.4. The molecule has 104 valence electrons. The molecule has 6 nitrogen and oxygen atoms in total. The van der Waals surface area contributed by atoms with Crippen molar-refractivity contribution in [2.24, 2.45) is 16.5 Å². The summed E-state index contributed by atoms with van der Waals surface area (Å²) < 4.78 is 0. The first-order valence-corrected chi connectivity index (χ1v) is 6.30. The van der Waals surface area contributed by atoms with Crippen LogP contribution in [0.2, 0.25) is 10.0 Å². The summed E-state index contributed by atoms with van der Waals surface area (Å²) in [7, 11) is 0.